The van der Waals surface area contributed by atoms with Gasteiger partial charge >= 0.3 is 0 Å². The molecule has 3 amide bonds. The quantitative estimate of drug-likeness (QED) is 0.273. The molecule has 2 unspecified atom stereocenters. The van der Waals surface area contributed by atoms with Crippen molar-refractivity contribution in [1.82, 2.24) is 9.80 Å². The van der Waals surface area contributed by atoms with Gasteiger partial charge in [-0.1, -0.05) is 50.1 Å². The summed E-state index contributed by atoms with van der Waals surface area (Å²) in [5, 5.41) is 9.39. The van der Waals surface area contributed by atoms with Gasteiger partial charge in [0, 0.05) is 38.5 Å². The van der Waals surface area contributed by atoms with Crippen LogP contribution in [0.5, 0.6) is 0 Å². The fourth-order valence-corrected chi connectivity index (χ4v) is 6.76. The summed E-state index contributed by atoms with van der Waals surface area (Å²) in [5.74, 6) is -1.88. The van der Waals surface area contributed by atoms with Crippen LogP contribution < -0.4 is 4.90 Å². The molecule has 0 saturated carbocycles. The molecule has 3 heterocycles. The second-order valence-corrected chi connectivity index (χ2v) is 10.9. The van der Waals surface area contributed by atoms with Crippen LogP contribution in [-0.4, -0.2) is 83.2 Å². The van der Waals surface area contributed by atoms with Gasteiger partial charge in [0.15, 0.2) is 0 Å². The zero-order chi connectivity index (χ0) is 28.0. The number of hydrogen-bond acceptors (Lipinski definition) is 5. The third-order valence-corrected chi connectivity index (χ3v) is 8.46. The third kappa shape index (κ3) is 5.41. The highest BCUT2D eigenvalue weighted by atomic mass is 16.5. The highest BCUT2D eigenvalue weighted by molar-refractivity contribution is 6.03. The Morgan fingerprint density at radius 3 is 2.51 bits per heavy atom. The first-order chi connectivity index (χ1) is 18.9. The SMILES string of the molecule is C=CCN(CCCCC)C(=O)C1N(CCCCO)C(=O)[C@@H]2[C@@H](C(=O)N(CC=C)c3ccccc3)[C@H]3CCC12O3. The first kappa shape index (κ1) is 29.0. The van der Waals surface area contributed by atoms with E-state index < -0.39 is 29.6 Å². The molecule has 0 radical (unpaired) electrons. The Bertz CT molecular complexity index is 1050. The Kier molecular flexibility index (Phi) is 9.62. The lowest BCUT2D eigenvalue weighted by atomic mass is 9.70. The van der Waals surface area contributed by atoms with E-state index in [1.54, 1.807) is 26.9 Å². The molecular weight excluding hydrogens is 494 g/mol. The first-order valence-corrected chi connectivity index (χ1v) is 14.4. The van der Waals surface area contributed by atoms with E-state index in [0.717, 1.165) is 24.9 Å². The summed E-state index contributed by atoms with van der Waals surface area (Å²) >= 11 is 0. The summed E-state index contributed by atoms with van der Waals surface area (Å²) < 4.78 is 6.62. The monoisotopic (exact) mass is 537 g/mol. The highest BCUT2D eigenvalue weighted by Crippen LogP contribution is 2.59. The lowest BCUT2D eigenvalue weighted by Gasteiger charge is -2.37. The molecule has 0 aromatic heterocycles. The van der Waals surface area contributed by atoms with Gasteiger partial charge in [-0.2, -0.15) is 0 Å². The highest BCUT2D eigenvalue weighted by Gasteiger charge is 2.74. The zero-order valence-corrected chi connectivity index (χ0v) is 23.2. The molecule has 3 fully saturated rings. The number of carbonyl (C=O) groups excluding carboxylic acids is 3. The van der Waals surface area contributed by atoms with E-state index >= 15 is 0 Å². The van der Waals surface area contributed by atoms with Crippen LogP contribution in [0.3, 0.4) is 0 Å². The van der Waals surface area contributed by atoms with E-state index in [0.29, 0.717) is 51.9 Å². The van der Waals surface area contributed by atoms with E-state index in [-0.39, 0.29) is 24.3 Å². The Labute approximate surface area is 232 Å². The summed E-state index contributed by atoms with van der Waals surface area (Å²) in [6, 6.07) is 8.61. The van der Waals surface area contributed by atoms with E-state index in [2.05, 4.69) is 20.1 Å². The number of nitrogens with zero attached hydrogens (tertiary/aromatic N) is 3. The largest absolute Gasteiger partial charge is 0.396 e. The molecule has 2 bridgehead atoms. The number of ether oxygens (including phenoxy) is 1. The van der Waals surface area contributed by atoms with Crippen molar-refractivity contribution < 1.29 is 24.2 Å². The van der Waals surface area contributed by atoms with Crippen LogP contribution in [-0.2, 0) is 19.1 Å². The molecule has 3 aliphatic heterocycles. The number of anilines is 1. The maximum absolute atomic E-state index is 14.2. The van der Waals surface area contributed by atoms with Crippen molar-refractivity contribution in [2.24, 2.45) is 11.8 Å². The Morgan fingerprint density at radius 1 is 1.10 bits per heavy atom. The summed E-state index contributed by atoms with van der Waals surface area (Å²) in [7, 11) is 0. The number of aliphatic hydroxyl groups excluding tert-OH is 1. The molecule has 0 aliphatic carbocycles. The van der Waals surface area contributed by atoms with Crippen molar-refractivity contribution in [3.63, 3.8) is 0 Å². The molecule has 1 aromatic rings. The number of fused-ring (bicyclic) bond motifs is 1. The predicted molar refractivity (Wildman–Crippen MR) is 151 cm³/mol. The molecule has 1 aromatic carbocycles. The summed E-state index contributed by atoms with van der Waals surface area (Å²) in [6.07, 6.45) is 8.20. The van der Waals surface area contributed by atoms with Gasteiger partial charge < -0.3 is 24.5 Å². The average Bonchev–Trinajstić information content (AvgIpc) is 3.59. The Hall–Kier alpha value is -2.97. The number of amides is 3. The lowest BCUT2D eigenvalue weighted by Crippen LogP contribution is -2.56. The van der Waals surface area contributed by atoms with Crippen LogP contribution in [0.25, 0.3) is 0 Å². The van der Waals surface area contributed by atoms with Crippen LogP contribution in [0.15, 0.2) is 55.6 Å². The van der Waals surface area contributed by atoms with Gasteiger partial charge in [-0.3, -0.25) is 14.4 Å². The third-order valence-electron chi connectivity index (χ3n) is 8.46. The topological polar surface area (TPSA) is 90.4 Å². The normalized spacial score (nSPS) is 26.9. The van der Waals surface area contributed by atoms with Crippen molar-refractivity contribution in [2.75, 3.05) is 37.7 Å². The fourth-order valence-electron chi connectivity index (χ4n) is 6.76. The molecule has 1 N–H and O–H groups in total. The van der Waals surface area contributed by atoms with Crippen LogP contribution >= 0.6 is 0 Å². The minimum atomic E-state index is -1.03. The van der Waals surface area contributed by atoms with Gasteiger partial charge in [-0.15, -0.1) is 13.2 Å². The number of hydrogen-bond donors (Lipinski definition) is 1. The molecule has 8 heteroatoms. The van der Waals surface area contributed by atoms with Gasteiger partial charge in [0.05, 0.1) is 17.9 Å². The summed E-state index contributed by atoms with van der Waals surface area (Å²) in [4.78, 5) is 47.6. The molecule has 3 aliphatic rings. The van der Waals surface area contributed by atoms with Gasteiger partial charge in [0.2, 0.25) is 17.7 Å². The molecule has 4 rings (SSSR count). The number of rotatable bonds is 15. The Morgan fingerprint density at radius 2 is 1.85 bits per heavy atom. The minimum Gasteiger partial charge on any atom is -0.396 e. The number of carbonyl (C=O) groups is 3. The van der Waals surface area contributed by atoms with Crippen molar-refractivity contribution in [3.8, 4) is 0 Å². The minimum absolute atomic E-state index is 0.0160. The maximum atomic E-state index is 14.2. The lowest BCUT2D eigenvalue weighted by molar-refractivity contribution is -0.147. The molecular formula is C31H43N3O5. The van der Waals surface area contributed by atoms with E-state index in [1.807, 2.05) is 30.3 Å². The second-order valence-electron chi connectivity index (χ2n) is 10.9. The van der Waals surface area contributed by atoms with Gasteiger partial charge in [-0.25, -0.2) is 0 Å². The zero-order valence-electron chi connectivity index (χ0n) is 23.2. The summed E-state index contributed by atoms with van der Waals surface area (Å²) in [5.41, 5.74) is -0.288. The second kappa shape index (κ2) is 12.9. The van der Waals surface area contributed by atoms with Crippen molar-refractivity contribution in [1.29, 1.82) is 0 Å². The van der Waals surface area contributed by atoms with Gasteiger partial charge in [0.25, 0.3) is 0 Å². The molecule has 8 nitrogen and oxygen atoms in total. The maximum Gasteiger partial charge on any atom is 0.248 e. The van der Waals surface area contributed by atoms with Crippen molar-refractivity contribution in [2.45, 2.75) is 69.6 Å². The average molecular weight is 538 g/mol. The molecule has 3 saturated heterocycles. The van der Waals surface area contributed by atoms with E-state index in [9.17, 15) is 19.5 Å². The molecule has 5 atom stereocenters. The van der Waals surface area contributed by atoms with Crippen LogP contribution in [0, 0.1) is 11.8 Å². The number of para-hydroxylation sites is 1. The number of likely N-dealkylation sites (tertiary alicyclic amines) is 1. The van der Waals surface area contributed by atoms with Gasteiger partial charge in [0.1, 0.15) is 11.6 Å². The predicted octanol–water partition coefficient (Wildman–Crippen LogP) is 3.56. The molecule has 212 valence electrons. The van der Waals surface area contributed by atoms with Crippen molar-refractivity contribution >= 4 is 23.4 Å². The van der Waals surface area contributed by atoms with E-state index in [1.165, 1.54) is 0 Å². The number of benzene rings is 1. The smallest absolute Gasteiger partial charge is 0.248 e. The fraction of sp³-hybridized carbons (Fsp3) is 0.581. The van der Waals surface area contributed by atoms with Crippen LogP contribution in [0.1, 0.15) is 51.9 Å². The van der Waals surface area contributed by atoms with Crippen LogP contribution in [0.2, 0.25) is 0 Å². The first-order valence-electron chi connectivity index (χ1n) is 14.4. The Balaban J connectivity index is 1.69. The van der Waals surface area contributed by atoms with Crippen LogP contribution in [0.4, 0.5) is 5.69 Å². The molecule has 1 spiro atoms. The standard InChI is InChI=1S/C31H43N3O5/c1-4-7-11-20-32(18-5-2)30(38)27-31-17-16-24(39-31)25(26(31)29(37)34(27)21-12-13-22-35)28(36)33(19-6-3)23-14-9-8-10-15-23/h5-6,8-10,14-15,24-27,35H,2-4,7,11-13,16-22H2,1H3/t24-,25+,26+,27?,31?/m1/s1. The van der Waals surface area contributed by atoms with E-state index in [4.69, 9.17) is 4.74 Å². The number of unbranched alkanes of at least 4 members (excludes halogenated alkanes) is 3. The van der Waals surface area contributed by atoms with Crippen molar-refractivity contribution in [3.05, 3.63) is 55.6 Å². The summed E-state index contributed by atoms with van der Waals surface area (Å²) in [6.45, 7) is 11.5. The number of aliphatic hydroxyl groups is 1. The molecule has 39 heavy (non-hydrogen) atoms. The van der Waals surface area contributed by atoms with Gasteiger partial charge in [-0.05, 0) is 44.2 Å².